The maximum atomic E-state index is 3.18. The SMILES string of the molecule is C[n+]1[c-]n(-c2cccc(-n3[c-][n+](C)cc3)c2)cc1. The molecule has 0 atom stereocenters. The first-order valence-electron chi connectivity index (χ1n) is 5.76. The van der Waals surface area contributed by atoms with Gasteiger partial charge < -0.3 is 18.3 Å². The number of hydrogen-bond acceptors (Lipinski definition) is 0. The number of benzene rings is 1. The van der Waals surface area contributed by atoms with E-state index in [1.807, 2.05) is 63.2 Å². The average molecular weight is 238 g/mol. The highest BCUT2D eigenvalue weighted by Crippen LogP contribution is 2.12. The molecule has 0 amide bonds. The molecule has 4 nitrogen and oxygen atoms in total. The van der Waals surface area contributed by atoms with E-state index in [0.29, 0.717) is 0 Å². The van der Waals surface area contributed by atoms with Crippen LogP contribution in [-0.2, 0) is 14.1 Å². The van der Waals surface area contributed by atoms with Crippen molar-refractivity contribution in [3.8, 4) is 11.4 Å². The fraction of sp³-hybridized carbons (Fsp3) is 0.143. The topological polar surface area (TPSA) is 17.6 Å². The van der Waals surface area contributed by atoms with Gasteiger partial charge in [-0.2, -0.15) is 0 Å². The van der Waals surface area contributed by atoms with Gasteiger partial charge in [-0.1, -0.05) is 24.3 Å². The molecule has 0 radical (unpaired) electrons. The Morgan fingerprint density at radius 3 is 1.78 bits per heavy atom. The Kier molecular flexibility index (Phi) is 2.48. The largest absolute Gasteiger partial charge is 0.327 e. The van der Waals surface area contributed by atoms with E-state index in [9.17, 15) is 0 Å². The molecule has 2 heterocycles. The molecular weight excluding hydrogens is 224 g/mol. The molecule has 0 aliphatic carbocycles. The Balaban J connectivity index is 2.04. The molecule has 0 bridgehead atoms. The molecule has 90 valence electrons. The summed E-state index contributed by atoms with van der Waals surface area (Å²) in [7, 11) is 3.92. The van der Waals surface area contributed by atoms with Crippen molar-refractivity contribution in [2.24, 2.45) is 14.1 Å². The zero-order valence-electron chi connectivity index (χ0n) is 10.4. The number of hydrogen-bond donors (Lipinski definition) is 0. The fourth-order valence-corrected chi connectivity index (χ4v) is 1.89. The lowest BCUT2D eigenvalue weighted by Crippen LogP contribution is -2.24. The van der Waals surface area contributed by atoms with Crippen LogP contribution in [0, 0.1) is 12.7 Å². The van der Waals surface area contributed by atoms with E-state index >= 15 is 0 Å². The molecule has 18 heavy (non-hydrogen) atoms. The minimum absolute atomic E-state index is 1.08. The van der Waals surface area contributed by atoms with Gasteiger partial charge in [0.05, 0.1) is 14.1 Å². The van der Waals surface area contributed by atoms with Crippen LogP contribution in [0.3, 0.4) is 0 Å². The second kappa shape index (κ2) is 4.14. The third kappa shape index (κ3) is 1.93. The predicted molar refractivity (Wildman–Crippen MR) is 65.1 cm³/mol. The fourth-order valence-electron chi connectivity index (χ4n) is 1.89. The lowest BCUT2D eigenvalue weighted by atomic mass is 10.2. The van der Waals surface area contributed by atoms with E-state index < -0.39 is 0 Å². The molecule has 0 aliphatic heterocycles. The molecule has 0 aliphatic rings. The van der Waals surface area contributed by atoms with Crippen molar-refractivity contribution < 1.29 is 9.13 Å². The number of aryl methyl sites for hydroxylation is 2. The van der Waals surface area contributed by atoms with Crippen molar-refractivity contribution in [2.75, 3.05) is 0 Å². The summed E-state index contributed by atoms with van der Waals surface area (Å²) in [5.74, 6) is 0. The molecule has 0 N–H and O–H groups in total. The van der Waals surface area contributed by atoms with Gasteiger partial charge in [0.1, 0.15) is 0 Å². The van der Waals surface area contributed by atoms with Crippen LogP contribution < -0.4 is 9.13 Å². The molecule has 3 aromatic rings. The van der Waals surface area contributed by atoms with Crippen LogP contribution in [-0.4, -0.2) is 9.13 Å². The van der Waals surface area contributed by atoms with E-state index in [2.05, 4.69) is 30.9 Å². The lowest BCUT2D eigenvalue weighted by molar-refractivity contribution is -0.675. The molecule has 0 saturated carbocycles. The highest BCUT2D eigenvalue weighted by atomic mass is 15.1. The second-order valence-electron chi connectivity index (χ2n) is 4.28. The zero-order chi connectivity index (χ0) is 12.5. The molecule has 0 saturated heterocycles. The Bertz CT molecular complexity index is 623. The second-order valence-corrected chi connectivity index (χ2v) is 4.28. The standard InChI is InChI=1S/C14H14N4/c1-15-6-8-17(11-15)13-4-3-5-14(10-13)18-9-7-16(2)12-18/h3-10H,1-2H3. The van der Waals surface area contributed by atoms with Crippen molar-refractivity contribution in [3.63, 3.8) is 0 Å². The predicted octanol–water partition coefficient (Wildman–Crippen LogP) is 0.517. The molecule has 2 aromatic heterocycles. The number of aromatic nitrogens is 4. The van der Waals surface area contributed by atoms with Gasteiger partial charge in [0.2, 0.25) is 12.7 Å². The summed E-state index contributed by atoms with van der Waals surface area (Å²) in [4.78, 5) is 0. The van der Waals surface area contributed by atoms with Crippen LogP contribution in [0.1, 0.15) is 0 Å². The molecule has 3 rings (SSSR count). The van der Waals surface area contributed by atoms with Crippen LogP contribution in [0.25, 0.3) is 11.4 Å². The molecule has 0 fully saturated rings. The van der Waals surface area contributed by atoms with E-state index in [1.54, 1.807) is 0 Å². The number of rotatable bonds is 2. The van der Waals surface area contributed by atoms with Gasteiger partial charge in [-0.3, -0.25) is 0 Å². The summed E-state index contributed by atoms with van der Waals surface area (Å²) in [6, 6.07) is 8.26. The maximum absolute atomic E-state index is 3.18. The van der Waals surface area contributed by atoms with Gasteiger partial charge in [-0.15, -0.1) is 0 Å². The average Bonchev–Trinajstić information content (AvgIpc) is 2.98. The Hall–Kier alpha value is -2.36. The van der Waals surface area contributed by atoms with E-state index in [-0.39, 0.29) is 0 Å². The highest BCUT2D eigenvalue weighted by molar-refractivity contribution is 5.43. The lowest BCUT2D eigenvalue weighted by Gasteiger charge is -2.07. The smallest absolute Gasteiger partial charge is 0.243 e. The molecular formula is C14H14N4. The van der Waals surface area contributed by atoms with E-state index in [0.717, 1.165) is 11.4 Å². The first kappa shape index (κ1) is 10.8. The summed E-state index contributed by atoms with van der Waals surface area (Å²) in [6.07, 6.45) is 14.3. The molecule has 1 aromatic carbocycles. The summed E-state index contributed by atoms with van der Waals surface area (Å²) in [5, 5.41) is 0. The van der Waals surface area contributed by atoms with Crippen molar-refractivity contribution in [1.82, 2.24) is 9.13 Å². The normalized spacial score (nSPS) is 10.8. The van der Waals surface area contributed by atoms with Gasteiger partial charge >= 0.3 is 0 Å². The minimum Gasteiger partial charge on any atom is -0.327 e. The quantitative estimate of drug-likeness (QED) is 0.457. The van der Waals surface area contributed by atoms with Crippen molar-refractivity contribution >= 4 is 0 Å². The van der Waals surface area contributed by atoms with Crippen LogP contribution in [0.15, 0.2) is 49.1 Å². The van der Waals surface area contributed by atoms with Crippen molar-refractivity contribution in [1.29, 1.82) is 0 Å². The Morgan fingerprint density at radius 1 is 0.889 bits per heavy atom. The first-order chi connectivity index (χ1) is 8.72. The zero-order valence-corrected chi connectivity index (χ0v) is 10.4. The summed E-state index contributed by atoms with van der Waals surface area (Å²) >= 11 is 0. The Labute approximate surface area is 106 Å². The third-order valence-corrected chi connectivity index (χ3v) is 2.80. The molecule has 0 unspecified atom stereocenters. The molecule has 4 heteroatoms. The van der Waals surface area contributed by atoms with E-state index in [4.69, 9.17) is 0 Å². The molecule has 0 spiro atoms. The van der Waals surface area contributed by atoms with Gasteiger partial charge in [0, 0.05) is 36.2 Å². The van der Waals surface area contributed by atoms with Crippen LogP contribution in [0.2, 0.25) is 0 Å². The minimum atomic E-state index is 1.08. The monoisotopic (exact) mass is 238 g/mol. The number of imidazole rings is 2. The third-order valence-electron chi connectivity index (χ3n) is 2.80. The summed E-state index contributed by atoms with van der Waals surface area (Å²) in [5.41, 5.74) is 2.16. The first-order valence-corrected chi connectivity index (χ1v) is 5.76. The highest BCUT2D eigenvalue weighted by Gasteiger charge is 2.00. The summed E-state index contributed by atoms with van der Waals surface area (Å²) < 4.78 is 7.73. The van der Waals surface area contributed by atoms with Crippen LogP contribution >= 0.6 is 0 Å². The van der Waals surface area contributed by atoms with Crippen molar-refractivity contribution in [2.45, 2.75) is 0 Å². The Morgan fingerprint density at radius 2 is 1.39 bits per heavy atom. The van der Waals surface area contributed by atoms with Crippen LogP contribution in [0.5, 0.6) is 0 Å². The van der Waals surface area contributed by atoms with Crippen LogP contribution in [0.4, 0.5) is 0 Å². The van der Waals surface area contributed by atoms with Crippen molar-refractivity contribution in [3.05, 3.63) is 61.7 Å². The van der Waals surface area contributed by atoms with Gasteiger partial charge in [0.15, 0.2) is 0 Å². The van der Waals surface area contributed by atoms with Gasteiger partial charge in [-0.05, 0) is 0 Å². The number of nitrogens with zero attached hydrogens (tertiary/aromatic N) is 4. The maximum Gasteiger partial charge on any atom is 0.243 e. The summed E-state index contributed by atoms with van der Waals surface area (Å²) in [6.45, 7) is 0. The van der Waals surface area contributed by atoms with E-state index in [1.165, 1.54) is 0 Å². The van der Waals surface area contributed by atoms with Gasteiger partial charge in [0.25, 0.3) is 0 Å². The van der Waals surface area contributed by atoms with Gasteiger partial charge in [-0.25, -0.2) is 0 Å².